The van der Waals surface area contributed by atoms with Crippen LogP contribution in [0.1, 0.15) is 36.9 Å². The maximum Gasteiger partial charge on any atom is 0.0528 e. The van der Waals surface area contributed by atoms with Gasteiger partial charge in [0.15, 0.2) is 0 Å². The lowest BCUT2D eigenvalue weighted by Gasteiger charge is -2.35. The van der Waals surface area contributed by atoms with Crippen molar-refractivity contribution in [2.24, 2.45) is 0 Å². The van der Waals surface area contributed by atoms with Crippen LogP contribution in [0.15, 0.2) is 24.3 Å². The number of aliphatic hydroxyl groups is 1. The van der Waals surface area contributed by atoms with Crippen LogP contribution in [0.3, 0.4) is 0 Å². The highest BCUT2D eigenvalue weighted by molar-refractivity contribution is 5.40. The maximum absolute atomic E-state index is 9.70. The molecule has 1 atom stereocenters. The van der Waals surface area contributed by atoms with Gasteiger partial charge in [-0.25, -0.2) is 0 Å². The molecular weight excluding hydrogens is 236 g/mol. The molecule has 0 aromatic heterocycles. The van der Waals surface area contributed by atoms with Gasteiger partial charge >= 0.3 is 0 Å². The first kappa shape index (κ1) is 13.1. The number of piperazine rings is 1. The normalized spacial score (nSPS) is 24.1. The molecule has 1 saturated carbocycles. The van der Waals surface area contributed by atoms with Gasteiger partial charge in [0, 0.05) is 37.6 Å². The van der Waals surface area contributed by atoms with E-state index in [0.717, 1.165) is 39.0 Å². The third kappa shape index (κ3) is 2.42. The van der Waals surface area contributed by atoms with E-state index in [2.05, 4.69) is 41.4 Å². The lowest BCUT2D eigenvalue weighted by atomic mass is 9.88. The summed E-state index contributed by atoms with van der Waals surface area (Å²) in [7, 11) is 0. The maximum atomic E-state index is 9.70. The zero-order valence-corrected chi connectivity index (χ0v) is 11.7. The Morgan fingerprint density at radius 3 is 2.58 bits per heavy atom. The number of aliphatic hydroxyl groups excluding tert-OH is 1. The Labute approximate surface area is 115 Å². The molecule has 2 aliphatic rings. The average Bonchev–Trinajstić information content (AvgIpc) is 3.28. The van der Waals surface area contributed by atoms with Gasteiger partial charge in [-0.05, 0) is 30.9 Å². The van der Waals surface area contributed by atoms with Gasteiger partial charge in [-0.3, -0.25) is 4.90 Å². The molecule has 0 amide bonds. The van der Waals surface area contributed by atoms with E-state index in [1.165, 1.54) is 11.1 Å². The molecule has 1 heterocycles. The summed E-state index contributed by atoms with van der Waals surface area (Å²) in [6.07, 6.45) is 2.27. The summed E-state index contributed by atoms with van der Waals surface area (Å²) in [5, 5.41) is 13.1. The van der Waals surface area contributed by atoms with Gasteiger partial charge in [-0.15, -0.1) is 0 Å². The second-order valence-corrected chi connectivity index (χ2v) is 5.99. The summed E-state index contributed by atoms with van der Waals surface area (Å²) < 4.78 is 0. The van der Waals surface area contributed by atoms with Crippen LogP contribution in [-0.4, -0.2) is 42.8 Å². The van der Waals surface area contributed by atoms with Crippen LogP contribution in [0.5, 0.6) is 0 Å². The highest BCUT2D eigenvalue weighted by atomic mass is 16.3. The molecule has 2 fully saturated rings. The molecule has 1 aliphatic heterocycles. The molecule has 1 aliphatic carbocycles. The van der Waals surface area contributed by atoms with E-state index >= 15 is 0 Å². The fourth-order valence-electron chi connectivity index (χ4n) is 3.27. The minimum Gasteiger partial charge on any atom is -0.395 e. The molecule has 0 spiro atoms. The van der Waals surface area contributed by atoms with Gasteiger partial charge in [0.05, 0.1) is 6.61 Å². The van der Waals surface area contributed by atoms with E-state index in [0.29, 0.717) is 6.04 Å². The molecule has 3 rings (SSSR count). The van der Waals surface area contributed by atoms with Crippen molar-refractivity contribution >= 4 is 0 Å². The van der Waals surface area contributed by atoms with E-state index in [4.69, 9.17) is 0 Å². The fraction of sp³-hybridized carbons (Fsp3) is 0.625. The van der Waals surface area contributed by atoms with Gasteiger partial charge < -0.3 is 10.4 Å². The number of nitrogens with one attached hydrogen (secondary N) is 1. The molecule has 3 nitrogen and oxygen atoms in total. The number of benzene rings is 1. The van der Waals surface area contributed by atoms with Crippen LogP contribution >= 0.6 is 0 Å². The number of hydrogen-bond donors (Lipinski definition) is 2. The molecule has 0 bridgehead atoms. The predicted octanol–water partition coefficient (Wildman–Crippen LogP) is 1.68. The summed E-state index contributed by atoms with van der Waals surface area (Å²) in [5.74, 6) is 0. The Balaban J connectivity index is 1.87. The molecule has 1 unspecified atom stereocenters. The predicted molar refractivity (Wildman–Crippen MR) is 77.3 cm³/mol. The average molecular weight is 260 g/mol. The number of rotatable bonds is 4. The number of nitrogens with zero attached hydrogens (tertiary/aromatic N) is 1. The second-order valence-electron chi connectivity index (χ2n) is 5.99. The van der Waals surface area contributed by atoms with Crippen molar-refractivity contribution in [2.75, 3.05) is 32.8 Å². The van der Waals surface area contributed by atoms with E-state index in [1.807, 2.05) is 0 Å². The molecular formula is C16H24N2O. The van der Waals surface area contributed by atoms with Crippen LogP contribution in [0.25, 0.3) is 0 Å². The van der Waals surface area contributed by atoms with Crippen molar-refractivity contribution in [1.82, 2.24) is 10.2 Å². The van der Waals surface area contributed by atoms with Gasteiger partial charge in [0.25, 0.3) is 0 Å². The quantitative estimate of drug-likeness (QED) is 0.864. The van der Waals surface area contributed by atoms with Crippen LogP contribution < -0.4 is 5.32 Å². The lowest BCUT2D eigenvalue weighted by molar-refractivity contribution is 0.183. The highest BCUT2D eigenvalue weighted by Gasteiger charge is 2.45. The molecule has 19 heavy (non-hydrogen) atoms. The standard InChI is InChI=1S/C16H24N2O/c1-13(18-10-8-17-9-11-18)14-4-2-3-5-15(14)16(12-19)6-7-16/h2-5,13,17,19H,6-12H2,1H3. The van der Waals surface area contributed by atoms with E-state index in [-0.39, 0.29) is 12.0 Å². The van der Waals surface area contributed by atoms with Crippen LogP contribution in [0.2, 0.25) is 0 Å². The van der Waals surface area contributed by atoms with E-state index in [9.17, 15) is 5.11 Å². The van der Waals surface area contributed by atoms with Gasteiger partial charge in [0.2, 0.25) is 0 Å². The first-order valence-electron chi connectivity index (χ1n) is 7.42. The molecule has 0 radical (unpaired) electrons. The summed E-state index contributed by atoms with van der Waals surface area (Å²) in [6.45, 7) is 6.98. The topological polar surface area (TPSA) is 35.5 Å². The molecule has 104 valence electrons. The van der Waals surface area contributed by atoms with Gasteiger partial charge in [-0.1, -0.05) is 24.3 Å². The minimum atomic E-state index is 0.0683. The Morgan fingerprint density at radius 2 is 1.95 bits per heavy atom. The fourth-order valence-corrected chi connectivity index (χ4v) is 3.27. The third-order valence-corrected chi connectivity index (χ3v) is 4.84. The second kappa shape index (κ2) is 5.23. The smallest absolute Gasteiger partial charge is 0.0528 e. The zero-order chi connectivity index (χ0) is 13.3. The highest BCUT2D eigenvalue weighted by Crippen LogP contribution is 2.50. The molecule has 3 heteroatoms. The molecule has 1 saturated heterocycles. The van der Waals surface area contributed by atoms with Crippen molar-refractivity contribution in [2.45, 2.75) is 31.2 Å². The van der Waals surface area contributed by atoms with Crippen molar-refractivity contribution in [3.63, 3.8) is 0 Å². The van der Waals surface area contributed by atoms with E-state index in [1.54, 1.807) is 0 Å². The number of hydrogen-bond acceptors (Lipinski definition) is 3. The minimum absolute atomic E-state index is 0.0683. The van der Waals surface area contributed by atoms with Crippen molar-refractivity contribution in [3.05, 3.63) is 35.4 Å². The van der Waals surface area contributed by atoms with Crippen LogP contribution in [-0.2, 0) is 5.41 Å². The van der Waals surface area contributed by atoms with Crippen LogP contribution in [0, 0.1) is 0 Å². The third-order valence-electron chi connectivity index (χ3n) is 4.84. The van der Waals surface area contributed by atoms with Crippen molar-refractivity contribution in [3.8, 4) is 0 Å². The first-order valence-corrected chi connectivity index (χ1v) is 7.42. The Kier molecular flexibility index (Phi) is 3.61. The van der Waals surface area contributed by atoms with Crippen LogP contribution in [0.4, 0.5) is 0 Å². The van der Waals surface area contributed by atoms with E-state index < -0.39 is 0 Å². The van der Waals surface area contributed by atoms with Crippen molar-refractivity contribution in [1.29, 1.82) is 0 Å². The SMILES string of the molecule is CC(c1ccccc1C1(CO)CC1)N1CCNCC1. The Hall–Kier alpha value is -0.900. The molecule has 1 aromatic rings. The largest absolute Gasteiger partial charge is 0.395 e. The summed E-state index contributed by atoms with van der Waals surface area (Å²) in [5.41, 5.74) is 2.86. The molecule has 2 N–H and O–H groups in total. The first-order chi connectivity index (χ1) is 9.27. The Bertz CT molecular complexity index is 436. The Morgan fingerprint density at radius 1 is 1.26 bits per heavy atom. The zero-order valence-electron chi connectivity index (χ0n) is 11.7. The lowest BCUT2D eigenvalue weighted by Crippen LogP contribution is -2.44. The summed E-state index contributed by atoms with van der Waals surface area (Å²) in [4.78, 5) is 2.54. The van der Waals surface area contributed by atoms with Crippen molar-refractivity contribution < 1.29 is 5.11 Å². The summed E-state index contributed by atoms with van der Waals surface area (Å²) in [6, 6.07) is 9.15. The van der Waals surface area contributed by atoms with Gasteiger partial charge in [0.1, 0.15) is 0 Å². The van der Waals surface area contributed by atoms with Gasteiger partial charge in [-0.2, -0.15) is 0 Å². The molecule has 1 aromatic carbocycles. The summed E-state index contributed by atoms with van der Waals surface area (Å²) >= 11 is 0. The monoisotopic (exact) mass is 260 g/mol.